The molecule has 2 aliphatic carbocycles. The van der Waals surface area contributed by atoms with Crippen molar-refractivity contribution in [3.05, 3.63) is 52.6 Å². The summed E-state index contributed by atoms with van der Waals surface area (Å²) < 4.78 is 56.6. The number of carbonyl (C=O) groups excluding carboxylic acids is 2. The highest BCUT2D eigenvalue weighted by Gasteiger charge is 2.48. The fourth-order valence-electron chi connectivity index (χ4n) is 6.38. The van der Waals surface area contributed by atoms with Crippen molar-refractivity contribution in [3.63, 3.8) is 0 Å². The number of amides is 1. The summed E-state index contributed by atoms with van der Waals surface area (Å²) in [6, 6.07) is 3.26. The zero-order valence-electron chi connectivity index (χ0n) is 20.5. The molecule has 7 nitrogen and oxygen atoms in total. The number of likely N-dealkylation sites (tertiary alicyclic amines) is 1. The Bertz CT molecular complexity index is 1460. The molecule has 0 bridgehead atoms. The summed E-state index contributed by atoms with van der Waals surface area (Å²) >= 11 is 0. The van der Waals surface area contributed by atoms with Crippen LogP contribution in [0.2, 0.25) is 0 Å². The first-order valence-electron chi connectivity index (χ1n) is 12.7. The molecule has 1 amide bonds. The lowest BCUT2D eigenvalue weighted by Crippen LogP contribution is -2.45. The number of nitrogens with one attached hydrogen (secondary N) is 1. The molecule has 2 aromatic heterocycles. The number of aromatic amines is 1. The SMILES string of the molecule is Nc1cc(OC(F)(F)F)ccc1C(=O)N1CCC(c2c(F)cnc3[nH]c4c(c23)CC2(CCC2=O)CC4)CC1. The molecule has 2 fully saturated rings. The number of nitrogen functional groups attached to an aromatic ring is 1. The van der Waals surface area contributed by atoms with Crippen LogP contribution in [0.4, 0.5) is 23.2 Å². The van der Waals surface area contributed by atoms with Gasteiger partial charge in [0.15, 0.2) is 0 Å². The normalized spacial score (nSPS) is 22.0. The van der Waals surface area contributed by atoms with Crippen molar-refractivity contribution in [2.75, 3.05) is 18.8 Å². The van der Waals surface area contributed by atoms with Gasteiger partial charge in [-0.25, -0.2) is 9.37 Å². The van der Waals surface area contributed by atoms with Crippen LogP contribution in [-0.4, -0.2) is 46.0 Å². The van der Waals surface area contributed by atoms with Crippen molar-refractivity contribution in [3.8, 4) is 5.75 Å². The van der Waals surface area contributed by atoms with Crippen LogP contribution in [0.1, 0.15) is 65.2 Å². The first-order chi connectivity index (χ1) is 18.0. The number of H-pyrrole nitrogens is 1. The highest BCUT2D eigenvalue weighted by molar-refractivity contribution is 5.99. The maximum absolute atomic E-state index is 15.3. The molecule has 1 aromatic carbocycles. The average Bonchev–Trinajstić information content (AvgIpc) is 3.24. The lowest BCUT2D eigenvalue weighted by atomic mass is 9.59. The number of benzene rings is 1. The lowest BCUT2D eigenvalue weighted by Gasteiger charge is -2.43. The second-order valence-electron chi connectivity index (χ2n) is 10.6. The van der Waals surface area contributed by atoms with E-state index >= 15 is 4.39 Å². The van der Waals surface area contributed by atoms with E-state index in [0.29, 0.717) is 50.0 Å². The fourth-order valence-corrected chi connectivity index (χ4v) is 6.38. The molecule has 1 aliphatic heterocycles. The van der Waals surface area contributed by atoms with Crippen LogP contribution in [0.15, 0.2) is 24.4 Å². The number of hydrogen-bond acceptors (Lipinski definition) is 5. The Hall–Kier alpha value is -3.63. The first-order valence-corrected chi connectivity index (χ1v) is 12.7. The van der Waals surface area contributed by atoms with E-state index in [4.69, 9.17) is 5.73 Å². The van der Waals surface area contributed by atoms with Crippen molar-refractivity contribution in [1.82, 2.24) is 14.9 Å². The second-order valence-corrected chi connectivity index (χ2v) is 10.6. The number of ketones is 1. The van der Waals surface area contributed by atoms with Crippen LogP contribution in [0.25, 0.3) is 11.0 Å². The molecule has 3 aliphatic rings. The molecule has 6 rings (SSSR count). The maximum Gasteiger partial charge on any atom is 0.573 e. The molecule has 3 N–H and O–H groups in total. The van der Waals surface area contributed by atoms with Crippen LogP contribution in [0, 0.1) is 11.2 Å². The van der Waals surface area contributed by atoms with Gasteiger partial charge in [0.2, 0.25) is 0 Å². The van der Waals surface area contributed by atoms with Gasteiger partial charge in [-0.1, -0.05) is 0 Å². The lowest BCUT2D eigenvalue weighted by molar-refractivity contribution is -0.274. The zero-order valence-corrected chi connectivity index (χ0v) is 20.5. The number of nitrogens with two attached hydrogens (primary N) is 1. The molecule has 0 radical (unpaired) electrons. The van der Waals surface area contributed by atoms with E-state index in [0.717, 1.165) is 48.0 Å². The van der Waals surface area contributed by atoms with Gasteiger partial charge in [-0.05, 0) is 62.1 Å². The van der Waals surface area contributed by atoms with Crippen LogP contribution in [0.5, 0.6) is 5.75 Å². The molecule has 1 unspecified atom stereocenters. The molecule has 200 valence electrons. The second kappa shape index (κ2) is 8.71. The molecule has 3 aromatic rings. The first kappa shape index (κ1) is 24.7. The number of alkyl halides is 3. The summed E-state index contributed by atoms with van der Waals surface area (Å²) in [6.45, 7) is 0.671. The maximum atomic E-state index is 15.3. The van der Waals surface area contributed by atoms with Crippen molar-refractivity contribution < 1.29 is 31.9 Å². The van der Waals surface area contributed by atoms with E-state index in [9.17, 15) is 22.8 Å². The molecule has 11 heteroatoms. The fraction of sp³-hybridized carbons (Fsp3) is 0.444. The summed E-state index contributed by atoms with van der Waals surface area (Å²) in [6.07, 6.45) is 0.976. The van der Waals surface area contributed by atoms with Gasteiger partial charge in [0, 0.05) is 53.3 Å². The third-order valence-electron chi connectivity index (χ3n) is 8.47. The summed E-state index contributed by atoms with van der Waals surface area (Å²) in [5.41, 5.74) is 8.74. The monoisotopic (exact) mass is 530 g/mol. The molecule has 3 heterocycles. The van der Waals surface area contributed by atoms with Gasteiger partial charge >= 0.3 is 6.36 Å². The van der Waals surface area contributed by atoms with E-state index in [1.807, 2.05) is 0 Å². The smallest absolute Gasteiger partial charge is 0.406 e. The van der Waals surface area contributed by atoms with Gasteiger partial charge in [-0.3, -0.25) is 9.59 Å². The van der Waals surface area contributed by atoms with Crippen molar-refractivity contribution in [2.24, 2.45) is 5.41 Å². The van der Waals surface area contributed by atoms with Gasteiger partial charge in [0.05, 0.1) is 11.8 Å². The number of aryl methyl sites for hydroxylation is 1. The van der Waals surface area contributed by atoms with Gasteiger partial charge in [0.25, 0.3) is 5.91 Å². The number of aromatic nitrogens is 2. The number of nitrogens with zero attached hydrogens (tertiary/aromatic N) is 2. The topological polar surface area (TPSA) is 101 Å². The number of fused-ring (bicyclic) bond motifs is 3. The Morgan fingerprint density at radius 3 is 2.55 bits per heavy atom. The van der Waals surface area contributed by atoms with Crippen molar-refractivity contribution >= 4 is 28.4 Å². The van der Waals surface area contributed by atoms with E-state index in [2.05, 4.69) is 14.7 Å². The Morgan fingerprint density at radius 2 is 1.92 bits per heavy atom. The van der Waals surface area contributed by atoms with Crippen molar-refractivity contribution in [1.29, 1.82) is 0 Å². The summed E-state index contributed by atoms with van der Waals surface area (Å²) in [4.78, 5) is 34.8. The van der Waals surface area contributed by atoms with Crippen molar-refractivity contribution in [2.45, 2.75) is 57.2 Å². The minimum Gasteiger partial charge on any atom is -0.406 e. The minimum atomic E-state index is -4.86. The minimum absolute atomic E-state index is 0.0885. The molecule has 1 spiro atoms. The molecular formula is C27H26F4N4O3. The van der Waals surface area contributed by atoms with E-state index in [1.165, 1.54) is 12.3 Å². The summed E-state index contributed by atoms with van der Waals surface area (Å²) in [5.74, 6) is -1.16. The van der Waals surface area contributed by atoms with Gasteiger partial charge in [-0.15, -0.1) is 13.2 Å². The zero-order chi connectivity index (χ0) is 26.8. The molecule has 1 atom stereocenters. The Kier molecular flexibility index (Phi) is 5.66. The number of piperidine rings is 1. The van der Waals surface area contributed by atoms with Gasteiger partial charge in [-0.2, -0.15) is 0 Å². The van der Waals surface area contributed by atoms with Crippen LogP contribution in [0.3, 0.4) is 0 Å². The average molecular weight is 531 g/mol. The number of hydrogen-bond donors (Lipinski definition) is 2. The van der Waals surface area contributed by atoms with Crippen LogP contribution < -0.4 is 10.5 Å². The molecule has 38 heavy (non-hydrogen) atoms. The van der Waals surface area contributed by atoms with E-state index in [-0.39, 0.29) is 28.4 Å². The standard InChI is InChI=1S/C27H26F4N4O3/c28-18-13-33-24-23(17-12-26(8-4-21(26)36)7-3-20(17)34-24)22(18)14-5-9-35(10-6-14)25(37)16-2-1-15(11-19(16)32)38-27(29,30)31/h1-2,11,13-14H,3-10,12,32H2,(H,33,34). The van der Waals surface area contributed by atoms with Crippen LogP contribution in [-0.2, 0) is 17.6 Å². The van der Waals surface area contributed by atoms with Crippen LogP contribution >= 0.6 is 0 Å². The number of halogens is 4. The summed E-state index contributed by atoms with van der Waals surface area (Å²) in [5, 5.41) is 0.771. The Labute approximate surface area is 215 Å². The number of ether oxygens (including phenoxy) is 1. The molecular weight excluding hydrogens is 504 g/mol. The Balaban J connectivity index is 1.22. The highest BCUT2D eigenvalue weighted by atomic mass is 19.4. The highest BCUT2D eigenvalue weighted by Crippen LogP contribution is 2.50. The van der Waals surface area contributed by atoms with E-state index < -0.39 is 23.8 Å². The summed E-state index contributed by atoms with van der Waals surface area (Å²) in [7, 11) is 0. The largest absolute Gasteiger partial charge is 0.573 e. The number of Topliss-reactive ketones (excluding diaryl/α,β-unsaturated/α-hetero) is 1. The number of pyridine rings is 1. The molecule has 1 saturated heterocycles. The predicted molar refractivity (Wildman–Crippen MR) is 130 cm³/mol. The van der Waals surface area contributed by atoms with E-state index in [1.54, 1.807) is 4.90 Å². The number of anilines is 1. The Morgan fingerprint density at radius 1 is 1.18 bits per heavy atom. The number of carbonyl (C=O) groups is 2. The predicted octanol–water partition coefficient (Wildman–Crippen LogP) is 5.04. The quantitative estimate of drug-likeness (QED) is 0.365. The number of rotatable bonds is 3. The molecule has 1 saturated carbocycles. The third kappa shape index (κ3) is 4.08. The van der Waals surface area contributed by atoms with Gasteiger partial charge < -0.3 is 20.4 Å². The third-order valence-corrected chi connectivity index (χ3v) is 8.47. The van der Waals surface area contributed by atoms with Gasteiger partial charge in [0.1, 0.15) is 23.0 Å².